The first-order valence-corrected chi connectivity index (χ1v) is 7.79. The van der Waals surface area contributed by atoms with Gasteiger partial charge in [0, 0.05) is 12.8 Å². The molecule has 0 amide bonds. The van der Waals surface area contributed by atoms with Gasteiger partial charge >= 0.3 is 0 Å². The van der Waals surface area contributed by atoms with Crippen molar-refractivity contribution in [3.05, 3.63) is 34.9 Å². The third kappa shape index (κ3) is 4.49. The summed E-state index contributed by atoms with van der Waals surface area (Å²) in [6.07, 6.45) is 5.69. The highest BCUT2D eigenvalue weighted by Gasteiger charge is 2.14. The largest absolute Gasteiger partial charge is 0.300 e. The molecule has 19 heavy (non-hydrogen) atoms. The Kier molecular flexibility index (Phi) is 6.83. The zero-order valence-electron chi connectivity index (χ0n) is 13.0. The van der Waals surface area contributed by atoms with E-state index in [2.05, 4.69) is 39.0 Å². The van der Waals surface area contributed by atoms with Gasteiger partial charge in [0.05, 0.1) is 0 Å². The number of hydrogen-bond acceptors (Lipinski definition) is 1. The molecule has 0 aliphatic carbocycles. The number of hydrogen-bond donors (Lipinski definition) is 0. The summed E-state index contributed by atoms with van der Waals surface area (Å²) >= 11 is 0. The molecule has 0 aliphatic rings. The molecular weight excluding hydrogens is 232 g/mol. The zero-order chi connectivity index (χ0) is 14.3. The van der Waals surface area contributed by atoms with Crippen molar-refractivity contribution in [3.8, 4) is 0 Å². The van der Waals surface area contributed by atoms with E-state index in [0.717, 1.165) is 32.1 Å². The summed E-state index contributed by atoms with van der Waals surface area (Å²) in [6.45, 7) is 8.61. The van der Waals surface area contributed by atoms with E-state index in [0.29, 0.717) is 18.1 Å². The molecule has 0 aromatic heterocycles. The molecule has 1 atom stereocenters. The minimum Gasteiger partial charge on any atom is -0.300 e. The van der Waals surface area contributed by atoms with Crippen molar-refractivity contribution in [3.63, 3.8) is 0 Å². The summed E-state index contributed by atoms with van der Waals surface area (Å²) in [5, 5.41) is 0. The molecule has 0 N–H and O–H groups in total. The van der Waals surface area contributed by atoms with Crippen LogP contribution < -0.4 is 0 Å². The molecule has 1 aromatic carbocycles. The van der Waals surface area contributed by atoms with Gasteiger partial charge in [0.2, 0.25) is 0 Å². The lowest BCUT2D eigenvalue weighted by molar-refractivity contribution is -0.118. The average Bonchev–Trinajstić information content (AvgIpc) is 2.47. The molecule has 1 unspecified atom stereocenters. The van der Waals surface area contributed by atoms with E-state index in [1.54, 1.807) is 0 Å². The summed E-state index contributed by atoms with van der Waals surface area (Å²) in [6, 6.07) is 6.88. The van der Waals surface area contributed by atoms with Gasteiger partial charge in [-0.15, -0.1) is 0 Å². The SMILES string of the molecule is CCC(=O)CCC(CC)c1cc(CC)ccc1CC. The van der Waals surface area contributed by atoms with Gasteiger partial charge < -0.3 is 0 Å². The number of ketones is 1. The zero-order valence-corrected chi connectivity index (χ0v) is 13.0. The molecule has 0 fully saturated rings. The third-order valence-corrected chi connectivity index (χ3v) is 4.10. The van der Waals surface area contributed by atoms with E-state index in [-0.39, 0.29) is 0 Å². The van der Waals surface area contributed by atoms with Crippen LogP contribution in [0.4, 0.5) is 0 Å². The first kappa shape index (κ1) is 15.9. The summed E-state index contributed by atoms with van der Waals surface area (Å²) in [5.74, 6) is 0.931. The van der Waals surface area contributed by atoms with Crippen molar-refractivity contribution in [2.45, 2.75) is 72.1 Å². The maximum absolute atomic E-state index is 11.5. The lowest BCUT2D eigenvalue weighted by Crippen LogP contribution is -2.06. The summed E-state index contributed by atoms with van der Waals surface area (Å²) in [4.78, 5) is 11.5. The average molecular weight is 260 g/mol. The number of aryl methyl sites for hydroxylation is 2. The molecular formula is C18H28O. The molecule has 1 rings (SSSR count). The lowest BCUT2D eigenvalue weighted by atomic mass is 9.85. The Morgan fingerprint density at radius 1 is 1.11 bits per heavy atom. The first-order valence-electron chi connectivity index (χ1n) is 7.79. The van der Waals surface area contributed by atoms with Crippen LogP contribution in [0, 0.1) is 0 Å². The van der Waals surface area contributed by atoms with Crippen LogP contribution in [0.5, 0.6) is 0 Å². The lowest BCUT2D eigenvalue weighted by Gasteiger charge is -2.19. The molecule has 1 aromatic rings. The van der Waals surface area contributed by atoms with Gasteiger partial charge in [0.25, 0.3) is 0 Å². The van der Waals surface area contributed by atoms with Gasteiger partial charge in [0.1, 0.15) is 5.78 Å². The van der Waals surface area contributed by atoms with Crippen molar-refractivity contribution < 1.29 is 4.79 Å². The van der Waals surface area contributed by atoms with Crippen LogP contribution in [-0.2, 0) is 17.6 Å². The minimum atomic E-state index is 0.392. The molecule has 0 saturated heterocycles. The highest BCUT2D eigenvalue weighted by Crippen LogP contribution is 2.29. The summed E-state index contributed by atoms with van der Waals surface area (Å²) < 4.78 is 0. The van der Waals surface area contributed by atoms with Gasteiger partial charge in [-0.05, 0) is 48.3 Å². The van der Waals surface area contributed by atoms with Crippen LogP contribution in [0.2, 0.25) is 0 Å². The van der Waals surface area contributed by atoms with E-state index < -0.39 is 0 Å². The molecule has 1 nitrogen and oxygen atoms in total. The standard InChI is InChI=1S/C18H28O/c1-5-14-9-10-15(6-2)18(13-14)16(7-3)11-12-17(19)8-4/h9-10,13,16H,5-8,11-12H2,1-4H3. The predicted molar refractivity (Wildman–Crippen MR) is 82.8 cm³/mol. The fraction of sp³-hybridized carbons (Fsp3) is 0.611. The molecule has 0 radical (unpaired) electrons. The number of carbonyl (C=O) groups excluding carboxylic acids is 1. The van der Waals surface area contributed by atoms with Crippen LogP contribution in [0.1, 0.15) is 76.0 Å². The number of benzene rings is 1. The molecule has 0 bridgehead atoms. The number of Topliss-reactive ketones (excluding diaryl/α,β-unsaturated/α-hetero) is 1. The Balaban J connectivity index is 2.92. The highest BCUT2D eigenvalue weighted by molar-refractivity contribution is 5.78. The second-order valence-electron chi connectivity index (χ2n) is 5.28. The van der Waals surface area contributed by atoms with E-state index in [9.17, 15) is 4.79 Å². The molecule has 1 heteroatoms. The normalized spacial score (nSPS) is 12.4. The fourth-order valence-corrected chi connectivity index (χ4v) is 2.66. The van der Waals surface area contributed by atoms with E-state index in [1.165, 1.54) is 16.7 Å². The van der Waals surface area contributed by atoms with Gasteiger partial charge in [-0.3, -0.25) is 4.79 Å². The Morgan fingerprint density at radius 3 is 2.37 bits per heavy atom. The number of carbonyl (C=O) groups is 1. The maximum Gasteiger partial charge on any atom is 0.132 e. The van der Waals surface area contributed by atoms with Gasteiger partial charge in [-0.25, -0.2) is 0 Å². The molecule has 0 heterocycles. The first-order chi connectivity index (χ1) is 9.15. The van der Waals surface area contributed by atoms with Crippen LogP contribution >= 0.6 is 0 Å². The third-order valence-electron chi connectivity index (χ3n) is 4.10. The topological polar surface area (TPSA) is 17.1 Å². The Bertz CT molecular complexity index is 406. The minimum absolute atomic E-state index is 0.392. The monoisotopic (exact) mass is 260 g/mol. The van der Waals surface area contributed by atoms with E-state index >= 15 is 0 Å². The van der Waals surface area contributed by atoms with Crippen molar-refractivity contribution in [1.82, 2.24) is 0 Å². The Labute approximate surface area is 118 Å². The predicted octanol–water partition coefficient (Wildman–Crippen LogP) is 5.06. The second-order valence-corrected chi connectivity index (χ2v) is 5.28. The van der Waals surface area contributed by atoms with Crippen LogP contribution in [-0.4, -0.2) is 5.78 Å². The van der Waals surface area contributed by atoms with Crippen molar-refractivity contribution in [1.29, 1.82) is 0 Å². The van der Waals surface area contributed by atoms with Crippen LogP contribution in [0.15, 0.2) is 18.2 Å². The van der Waals surface area contributed by atoms with Crippen molar-refractivity contribution >= 4 is 5.78 Å². The quantitative estimate of drug-likeness (QED) is 0.638. The van der Waals surface area contributed by atoms with Crippen LogP contribution in [0.25, 0.3) is 0 Å². The van der Waals surface area contributed by atoms with Crippen molar-refractivity contribution in [2.24, 2.45) is 0 Å². The highest BCUT2D eigenvalue weighted by atomic mass is 16.1. The molecule has 0 spiro atoms. The summed E-state index contributed by atoms with van der Waals surface area (Å²) in [5.41, 5.74) is 4.34. The summed E-state index contributed by atoms with van der Waals surface area (Å²) in [7, 11) is 0. The van der Waals surface area contributed by atoms with E-state index in [1.807, 2.05) is 6.92 Å². The molecule has 0 aliphatic heterocycles. The van der Waals surface area contributed by atoms with Gasteiger partial charge in [0.15, 0.2) is 0 Å². The van der Waals surface area contributed by atoms with E-state index in [4.69, 9.17) is 0 Å². The second kappa shape index (κ2) is 8.14. The fourth-order valence-electron chi connectivity index (χ4n) is 2.66. The number of rotatable bonds is 8. The van der Waals surface area contributed by atoms with Crippen molar-refractivity contribution in [2.75, 3.05) is 0 Å². The van der Waals surface area contributed by atoms with Gasteiger partial charge in [-0.2, -0.15) is 0 Å². The Morgan fingerprint density at radius 2 is 1.84 bits per heavy atom. The Hall–Kier alpha value is -1.11. The van der Waals surface area contributed by atoms with Gasteiger partial charge in [-0.1, -0.05) is 45.9 Å². The maximum atomic E-state index is 11.5. The van der Waals surface area contributed by atoms with Crippen LogP contribution in [0.3, 0.4) is 0 Å². The molecule has 106 valence electrons. The molecule has 0 saturated carbocycles. The smallest absolute Gasteiger partial charge is 0.132 e.